The van der Waals surface area contributed by atoms with Crippen molar-refractivity contribution in [2.24, 2.45) is 0 Å². The maximum absolute atomic E-state index is 5.92. The molecule has 0 unspecified atom stereocenters. The van der Waals surface area contributed by atoms with E-state index in [4.69, 9.17) is 14.2 Å². The lowest BCUT2D eigenvalue weighted by Gasteiger charge is -2.23. The summed E-state index contributed by atoms with van der Waals surface area (Å²) in [5.41, 5.74) is -0.314. The van der Waals surface area contributed by atoms with Gasteiger partial charge in [0.25, 0.3) is 5.88 Å². The quantitative estimate of drug-likeness (QED) is 0.815. The van der Waals surface area contributed by atoms with E-state index < -0.39 is 0 Å². The molecule has 1 aromatic heterocycles. The van der Waals surface area contributed by atoms with E-state index in [0.717, 1.165) is 12.8 Å². The standard InChI is InChI=1S/C15H23NO3/c1-10(2)17-12-8-9-16-14(19-15(3,4)5)13(12)18-11-6-7-11/h8-11H,6-7H2,1-5H3. The summed E-state index contributed by atoms with van der Waals surface area (Å²) in [6.45, 7) is 9.96. The summed E-state index contributed by atoms with van der Waals surface area (Å²) in [6, 6.07) is 1.83. The maximum Gasteiger partial charge on any atom is 0.261 e. The van der Waals surface area contributed by atoms with E-state index >= 15 is 0 Å². The normalized spacial score (nSPS) is 15.5. The maximum atomic E-state index is 5.92. The predicted molar refractivity (Wildman–Crippen MR) is 74.0 cm³/mol. The fourth-order valence-corrected chi connectivity index (χ4v) is 1.58. The highest BCUT2D eigenvalue weighted by molar-refractivity contribution is 5.47. The number of pyridine rings is 1. The highest BCUT2D eigenvalue weighted by Crippen LogP contribution is 2.41. The van der Waals surface area contributed by atoms with E-state index in [1.807, 2.05) is 40.7 Å². The summed E-state index contributed by atoms with van der Waals surface area (Å²) < 4.78 is 17.6. The van der Waals surface area contributed by atoms with Crippen LogP contribution in [0.25, 0.3) is 0 Å². The van der Waals surface area contributed by atoms with Crippen LogP contribution in [0, 0.1) is 0 Å². The third kappa shape index (κ3) is 4.30. The number of hydrogen-bond acceptors (Lipinski definition) is 4. The molecule has 19 heavy (non-hydrogen) atoms. The molecule has 1 saturated carbocycles. The highest BCUT2D eigenvalue weighted by Gasteiger charge is 2.29. The molecule has 0 bridgehead atoms. The third-order valence-corrected chi connectivity index (χ3v) is 2.41. The van der Waals surface area contributed by atoms with E-state index in [9.17, 15) is 0 Å². The minimum atomic E-state index is -0.314. The van der Waals surface area contributed by atoms with Crippen molar-refractivity contribution >= 4 is 0 Å². The van der Waals surface area contributed by atoms with Gasteiger partial charge in [-0.3, -0.25) is 0 Å². The Bertz CT molecular complexity index is 434. The monoisotopic (exact) mass is 265 g/mol. The summed E-state index contributed by atoms with van der Waals surface area (Å²) in [4.78, 5) is 4.29. The molecule has 1 aliphatic rings. The Kier molecular flexibility index (Phi) is 3.88. The second-order valence-corrected chi connectivity index (χ2v) is 6.14. The lowest BCUT2D eigenvalue weighted by molar-refractivity contribution is 0.112. The van der Waals surface area contributed by atoms with E-state index in [1.54, 1.807) is 6.20 Å². The number of hydrogen-bond donors (Lipinski definition) is 0. The third-order valence-electron chi connectivity index (χ3n) is 2.41. The fourth-order valence-electron chi connectivity index (χ4n) is 1.58. The SMILES string of the molecule is CC(C)Oc1ccnc(OC(C)(C)C)c1OC1CC1. The summed E-state index contributed by atoms with van der Waals surface area (Å²) in [5.74, 6) is 1.85. The molecule has 0 aliphatic heterocycles. The minimum absolute atomic E-state index is 0.0893. The van der Waals surface area contributed by atoms with Crippen LogP contribution in [0.15, 0.2) is 12.3 Å². The Labute approximate surface area is 115 Å². The average Bonchev–Trinajstić information content (AvgIpc) is 3.03. The Morgan fingerprint density at radius 3 is 2.47 bits per heavy atom. The Balaban J connectivity index is 2.28. The molecule has 1 fully saturated rings. The molecule has 0 atom stereocenters. The van der Waals surface area contributed by atoms with Crippen molar-refractivity contribution in [3.63, 3.8) is 0 Å². The molecule has 0 spiro atoms. The number of rotatable bonds is 5. The van der Waals surface area contributed by atoms with E-state index in [1.165, 1.54) is 0 Å². The molecule has 0 amide bonds. The average molecular weight is 265 g/mol. The van der Waals surface area contributed by atoms with Crippen molar-refractivity contribution in [1.29, 1.82) is 0 Å². The van der Waals surface area contributed by atoms with E-state index in [2.05, 4.69) is 4.98 Å². The minimum Gasteiger partial charge on any atom is -0.487 e. The molecule has 1 aromatic rings. The van der Waals surface area contributed by atoms with E-state index in [0.29, 0.717) is 17.4 Å². The van der Waals surface area contributed by atoms with Gasteiger partial charge in [0, 0.05) is 12.3 Å². The molecule has 0 saturated heterocycles. The second-order valence-electron chi connectivity index (χ2n) is 6.14. The van der Waals surface area contributed by atoms with Crippen LogP contribution in [0.1, 0.15) is 47.5 Å². The van der Waals surface area contributed by atoms with Crippen LogP contribution in [0.4, 0.5) is 0 Å². The van der Waals surface area contributed by atoms with Crippen LogP contribution in [-0.4, -0.2) is 22.8 Å². The zero-order valence-corrected chi connectivity index (χ0v) is 12.4. The first kappa shape index (κ1) is 14.0. The van der Waals surface area contributed by atoms with Crippen molar-refractivity contribution in [2.45, 2.75) is 65.3 Å². The molecule has 4 heteroatoms. The lowest BCUT2D eigenvalue weighted by Crippen LogP contribution is -2.24. The molecule has 2 rings (SSSR count). The van der Waals surface area contributed by atoms with Gasteiger partial charge in [0.05, 0.1) is 12.2 Å². The summed E-state index contributed by atoms with van der Waals surface area (Å²) in [6.07, 6.45) is 4.24. The Morgan fingerprint density at radius 2 is 1.95 bits per heavy atom. The first-order valence-corrected chi connectivity index (χ1v) is 6.86. The molecule has 0 aromatic carbocycles. The van der Waals surface area contributed by atoms with Crippen LogP contribution < -0.4 is 14.2 Å². The number of aromatic nitrogens is 1. The van der Waals surface area contributed by atoms with Gasteiger partial charge < -0.3 is 14.2 Å². The molecule has 106 valence electrons. The van der Waals surface area contributed by atoms with Crippen LogP contribution >= 0.6 is 0 Å². The van der Waals surface area contributed by atoms with Crippen LogP contribution in [-0.2, 0) is 0 Å². The van der Waals surface area contributed by atoms with Gasteiger partial charge in [-0.2, -0.15) is 0 Å². The smallest absolute Gasteiger partial charge is 0.261 e. The fraction of sp³-hybridized carbons (Fsp3) is 0.667. The largest absolute Gasteiger partial charge is 0.487 e. The van der Waals surface area contributed by atoms with Gasteiger partial charge >= 0.3 is 0 Å². The molecule has 1 aliphatic carbocycles. The van der Waals surface area contributed by atoms with Crippen LogP contribution in [0.5, 0.6) is 17.4 Å². The van der Waals surface area contributed by atoms with Crippen molar-refractivity contribution < 1.29 is 14.2 Å². The first-order chi connectivity index (χ1) is 8.85. The molecular weight excluding hydrogens is 242 g/mol. The van der Waals surface area contributed by atoms with Crippen molar-refractivity contribution in [2.75, 3.05) is 0 Å². The molecule has 0 N–H and O–H groups in total. The molecular formula is C15H23NO3. The topological polar surface area (TPSA) is 40.6 Å². The van der Waals surface area contributed by atoms with Gasteiger partial charge in [-0.05, 0) is 47.5 Å². The van der Waals surface area contributed by atoms with Gasteiger partial charge in [0.2, 0.25) is 5.75 Å². The number of nitrogens with zero attached hydrogens (tertiary/aromatic N) is 1. The zero-order chi connectivity index (χ0) is 14.0. The van der Waals surface area contributed by atoms with Crippen molar-refractivity contribution in [3.8, 4) is 17.4 Å². The van der Waals surface area contributed by atoms with Crippen LogP contribution in [0.3, 0.4) is 0 Å². The molecule has 4 nitrogen and oxygen atoms in total. The second kappa shape index (κ2) is 5.27. The number of ether oxygens (including phenoxy) is 3. The van der Waals surface area contributed by atoms with Gasteiger partial charge in [0.1, 0.15) is 5.60 Å². The first-order valence-electron chi connectivity index (χ1n) is 6.86. The summed E-state index contributed by atoms with van der Waals surface area (Å²) in [7, 11) is 0. The molecule has 0 radical (unpaired) electrons. The zero-order valence-electron chi connectivity index (χ0n) is 12.4. The lowest BCUT2D eigenvalue weighted by atomic mass is 10.2. The Morgan fingerprint density at radius 1 is 1.26 bits per heavy atom. The molecule has 1 heterocycles. The van der Waals surface area contributed by atoms with Gasteiger partial charge in [-0.15, -0.1) is 0 Å². The van der Waals surface area contributed by atoms with Crippen LogP contribution in [0.2, 0.25) is 0 Å². The van der Waals surface area contributed by atoms with Crippen molar-refractivity contribution in [3.05, 3.63) is 12.3 Å². The highest BCUT2D eigenvalue weighted by atomic mass is 16.6. The Hall–Kier alpha value is -1.45. The van der Waals surface area contributed by atoms with Gasteiger partial charge in [0.15, 0.2) is 5.75 Å². The summed E-state index contributed by atoms with van der Waals surface area (Å²) in [5, 5.41) is 0. The van der Waals surface area contributed by atoms with Crippen molar-refractivity contribution in [1.82, 2.24) is 4.98 Å². The predicted octanol–water partition coefficient (Wildman–Crippen LogP) is 3.59. The van der Waals surface area contributed by atoms with Gasteiger partial charge in [-0.25, -0.2) is 4.98 Å². The van der Waals surface area contributed by atoms with E-state index in [-0.39, 0.29) is 17.8 Å². The summed E-state index contributed by atoms with van der Waals surface area (Å²) >= 11 is 0. The van der Waals surface area contributed by atoms with Gasteiger partial charge in [-0.1, -0.05) is 0 Å².